The van der Waals surface area contributed by atoms with E-state index in [1.165, 1.54) is 44.1 Å². The van der Waals surface area contributed by atoms with Crippen molar-refractivity contribution in [2.24, 2.45) is 0 Å². The van der Waals surface area contributed by atoms with E-state index in [4.69, 9.17) is 4.42 Å². The first kappa shape index (κ1) is 10.4. The maximum atomic E-state index is 5.24. The minimum absolute atomic E-state index is 1.09. The molecule has 1 heteroatoms. The maximum absolute atomic E-state index is 5.24. The number of aryl methyl sites for hydroxylation is 2. The minimum Gasteiger partial charge on any atom is -0.469 e. The van der Waals surface area contributed by atoms with Crippen LogP contribution in [0.5, 0.6) is 0 Å². The fourth-order valence-corrected chi connectivity index (χ4v) is 1.59. The van der Waals surface area contributed by atoms with Crippen LogP contribution in [0.25, 0.3) is 0 Å². The topological polar surface area (TPSA) is 13.1 Å². The Morgan fingerprint density at radius 2 is 1.92 bits per heavy atom. The van der Waals surface area contributed by atoms with Gasteiger partial charge in [-0.2, -0.15) is 0 Å². The van der Waals surface area contributed by atoms with Crippen molar-refractivity contribution in [3.8, 4) is 0 Å². The highest BCUT2D eigenvalue weighted by Crippen LogP contribution is 2.13. The lowest BCUT2D eigenvalue weighted by molar-refractivity contribution is 0.527. The normalized spacial score (nSPS) is 10.6. The van der Waals surface area contributed by atoms with Crippen molar-refractivity contribution in [1.82, 2.24) is 0 Å². The van der Waals surface area contributed by atoms with E-state index in [1.807, 2.05) is 6.92 Å². The predicted molar refractivity (Wildman–Crippen MR) is 55.9 cm³/mol. The van der Waals surface area contributed by atoms with Crippen LogP contribution in [0.4, 0.5) is 0 Å². The van der Waals surface area contributed by atoms with Crippen LogP contribution in [0.15, 0.2) is 16.7 Å². The van der Waals surface area contributed by atoms with Crippen molar-refractivity contribution in [3.63, 3.8) is 0 Å². The van der Waals surface area contributed by atoms with Crippen LogP contribution in [-0.4, -0.2) is 0 Å². The summed E-state index contributed by atoms with van der Waals surface area (Å²) in [6.07, 6.45) is 9.73. The molecule has 0 saturated carbocycles. The third-order valence-electron chi connectivity index (χ3n) is 2.52. The zero-order chi connectivity index (χ0) is 9.52. The molecule has 0 aromatic carbocycles. The fraction of sp³-hybridized carbons (Fsp3) is 0.667. The van der Waals surface area contributed by atoms with Gasteiger partial charge in [0.25, 0.3) is 0 Å². The lowest BCUT2D eigenvalue weighted by Crippen LogP contribution is -1.85. The second-order valence-electron chi connectivity index (χ2n) is 3.67. The molecule has 0 aliphatic heterocycles. The van der Waals surface area contributed by atoms with Crippen LogP contribution in [0.1, 0.15) is 50.4 Å². The molecule has 1 aromatic rings. The van der Waals surface area contributed by atoms with Gasteiger partial charge in [-0.15, -0.1) is 0 Å². The molecule has 1 aromatic heterocycles. The van der Waals surface area contributed by atoms with Gasteiger partial charge in [0, 0.05) is 0 Å². The molecule has 0 radical (unpaired) electrons. The molecule has 0 amide bonds. The van der Waals surface area contributed by atoms with Crippen LogP contribution in [0.2, 0.25) is 0 Å². The van der Waals surface area contributed by atoms with Gasteiger partial charge in [-0.1, -0.05) is 32.6 Å². The lowest BCUT2D eigenvalue weighted by atomic mass is 10.1. The van der Waals surface area contributed by atoms with E-state index in [0.717, 1.165) is 5.76 Å². The molecule has 0 saturated heterocycles. The number of rotatable bonds is 6. The average molecular weight is 180 g/mol. The Morgan fingerprint density at radius 1 is 1.15 bits per heavy atom. The molecular weight excluding hydrogens is 160 g/mol. The van der Waals surface area contributed by atoms with Gasteiger partial charge >= 0.3 is 0 Å². The van der Waals surface area contributed by atoms with Gasteiger partial charge in [0.2, 0.25) is 0 Å². The van der Waals surface area contributed by atoms with Crippen molar-refractivity contribution in [1.29, 1.82) is 0 Å². The monoisotopic (exact) mass is 180 g/mol. The summed E-state index contributed by atoms with van der Waals surface area (Å²) < 4.78 is 5.24. The van der Waals surface area contributed by atoms with Gasteiger partial charge in [-0.05, 0) is 31.4 Å². The first-order valence-electron chi connectivity index (χ1n) is 5.37. The van der Waals surface area contributed by atoms with Gasteiger partial charge < -0.3 is 4.42 Å². The van der Waals surface area contributed by atoms with Crippen LogP contribution < -0.4 is 0 Å². The van der Waals surface area contributed by atoms with Gasteiger partial charge in [-0.25, -0.2) is 0 Å². The highest BCUT2D eigenvalue weighted by molar-refractivity contribution is 5.15. The highest BCUT2D eigenvalue weighted by atomic mass is 16.3. The van der Waals surface area contributed by atoms with E-state index in [2.05, 4.69) is 13.0 Å². The summed E-state index contributed by atoms with van der Waals surface area (Å²) in [6.45, 7) is 4.29. The van der Waals surface area contributed by atoms with E-state index < -0.39 is 0 Å². The third-order valence-corrected chi connectivity index (χ3v) is 2.52. The molecule has 74 valence electrons. The smallest absolute Gasteiger partial charge is 0.103 e. The minimum atomic E-state index is 1.09. The zero-order valence-corrected chi connectivity index (χ0v) is 8.81. The SMILES string of the molecule is CCCCCCCc1ccoc1C. The molecule has 0 N–H and O–H groups in total. The summed E-state index contributed by atoms with van der Waals surface area (Å²) in [5.74, 6) is 1.09. The maximum Gasteiger partial charge on any atom is 0.103 e. The Kier molecular flexibility index (Phi) is 4.66. The third kappa shape index (κ3) is 3.67. The van der Waals surface area contributed by atoms with Crippen molar-refractivity contribution in [2.75, 3.05) is 0 Å². The highest BCUT2D eigenvalue weighted by Gasteiger charge is 1.99. The van der Waals surface area contributed by atoms with Crippen LogP contribution in [0, 0.1) is 6.92 Å². The van der Waals surface area contributed by atoms with Crippen molar-refractivity contribution in [3.05, 3.63) is 23.7 Å². The van der Waals surface area contributed by atoms with E-state index >= 15 is 0 Å². The van der Waals surface area contributed by atoms with Crippen molar-refractivity contribution >= 4 is 0 Å². The molecule has 0 spiro atoms. The number of hydrogen-bond donors (Lipinski definition) is 0. The van der Waals surface area contributed by atoms with E-state index in [1.54, 1.807) is 6.26 Å². The van der Waals surface area contributed by atoms with E-state index in [-0.39, 0.29) is 0 Å². The Balaban J connectivity index is 2.10. The molecule has 1 rings (SSSR count). The molecular formula is C12H20O. The molecule has 1 nitrogen and oxygen atoms in total. The van der Waals surface area contributed by atoms with Crippen LogP contribution >= 0.6 is 0 Å². The Morgan fingerprint density at radius 3 is 2.54 bits per heavy atom. The van der Waals surface area contributed by atoms with Gasteiger partial charge in [0.1, 0.15) is 5.76 Å². The second-order valence-corrected chi connectivity index (χ2v) is 3.67. The Hall–Kier alpha value is -0.720. The summed E-state index contributed by atoms with van der Waals surface area (Å²) in [4.78, 5) is 0. The largest absolute Gasteiger partial charge is 0.469 e. The molecule has 1 heterocycles. The Labute approximate surface area is 81.1 Å². The number of unbranched alkanes of at least 4 members (excludes halogenated alkanes) is 4. The quantitative estimate of drug-likeness (QED) is 0.601. The van der Waals surface area contributed by atoms with Gasteiger partial charge in [0.05, 0.1) is 6.26 Å². The summed E-state index contributed by atoms with van der Waals surface area (Å²) in [7, 11) is 0. The summed E-state index contributed by atoms with van der Waals surface area (Å²) in [5.41, 5.74) is 1.39. The lowest BCUT2D eigenvalue weighted by Gasteiger charge is -1.99. The summed E-state index contributed by atoms with van der Waals surface area (Å²) in [6, 6.07) is 2.09. The summed E-state index contributed by atoms with van der Waals surface area (Å²) >= 11 is 0. The van der Waals surface area contributed by atoms with E-state index in [9.17, 15) is 0 Å². The molecule has 0 atom stereocenters. The second kappa shape index (κ2) is 5.85. The average Bonchev–Trinajstić information content (AvgIpc) is 2.52. The van der Waals surface area contributed by atoms with Crippen molar-refractivity contribution in [2.45, 2.75) is 52.4 Å². The zero-order valence-electron chi connectivity index (χ0n) is 8.81. The molecule has 0 unspecified atom stereocenters. The first-order chi connectivity index (χ1) is 6.34. The summed E-state index contributed by atoms with van der Waals surface area (Å²) in [5, 5.41) is 0. The fourth-order valence-electron chi connectivity index (χ4n) is 1.59. The molecule has 13 heavy (non-hydrogen) atoms. The van der Waals surface area contributed by atoms with Crippen molar-refractivity contribution < 1.29 is 4.42 Å². The number of hydrogen-bond acceptors (Lipinski definition) is 1. The molecule has 0 aliphatic carbocycles. The number of furan rings is 1. The molecule has 0 fully saturated rings. The molecule has 0 bridgehead atoms. The van der Waals surface area contributed by atoms with Gasteiger partial charge in [-0.3, -0.25) is 0 Å². The standard InChI is InChI=1S/C12H20O/c1-3-4-5-6-7-8-12-9-10-13-11(12)2/h9-10H,3-8H2,1-2H3. The van der Waals surface area contributed by atoms with Crippen LogP contribution in [-0.2, 0) is 6.42 Å². The van der Waals surface area contributed by atoms with E-state index in [0.29, 0.717) is 0 Å². The first-order valence-corrected chi connectivity index (χ1v) is 5.37. The van der Waals surface area contributed by atoms with Gasteiger partial charge in [0.15, 0.2) is 0 Å². The van der Waals surface area contributed by atoms with Crippen LogP contribution in [0.3, 0.4) is 0 Å². The molecule has 0 aliphatic rings. The predicted octanol–water partition coefficient (Wildman–Crippen LogP) is 4.10. The Bertz CT molecular complexity index is 225.